The number of benzene rings is 2. The lowest BCUT2D eigenvalue weighted by Gasteiger charge is -2.42. The van der Waals surface area contributed by atoms with Crippen LogP contribution in [0.5, 0.6) is 0 Å². The number of nitrogens with one attached hydrogen (secondary N) is 2. The summed E-state index contributed by atoms with van der Waals surface area (Å²) in [5.74, 6) is -5.36. The molecule has 19 nitrogen and oxygen atoms in total. The normalized spacial score (nSPS) is 15.5. The topological polar surface area (TPSA) is 225 Å². The van der Waals surface area contributed by atoms with Crippen molar-refractivity contribution in [2.45, 2.75) is 78.6 Å². The molecule has 0 bridgehead atoms. The fourth-order valence-corrected chi connectivity index (χ4v) is 9.40. The Labute approximate surface area is 446 Å². The Balaban J connectivity index is 1.12. The van der Waals surface area contributed by atoms with Crippen LogP contribution in [0, 0.1) is 23.0 Å². The zero-order chi connectivity index (χ0) is 55.4. The van der Waals surface area contributed by atoms with Crippen LogP contribution in [0.1, 0.15) is 71.7 Å². The first-order valence-electron chi connectivity index (χ1n) is 25.3. The maximum Gasteiger partial charge on any atom is 0.410 e. The monoisotopic (exact) mass is 1080 g/mol. The Morgan fingerprint density at radius 3 is 2.08 bits per heavy atom. The number of amides is 6. The lowest BCUT2D eigenvalue weighted by Crippen LogP contribution is -2.46. The van der Waals surface area contributed by atoms with Crippen LogP contribution in [-0.2, 0) is 59.0 Å². The van der Waals surface area contributed by atoms with Gasteiger partial charge < -0.3 is 53.8 Å². The first-order chi connectivity index (χ1) is 36.1. The second kappa shape index (κ2) is 29.4. The van der Waals surface area contributed by atoms with E-state index in [0.717, 1.165) is 52.6 Å². The first kappa shape index (κ1) is 60.7. The van der Waals surface area contributed by atoms with Gasteiger partial charge in [-0.1, -0.05) is 51.1 Å². The minimum atomic E-state index is -1.32. The summed E-state index contributed by atoms with van der Waals surface area (Å²) in [5, 5.41) is 15.2. The summed E-state index contributed by atoms with van der Waals surface area (Å²) in [4.78, 5) is 92.5. The molecule has 2 aromatic carbocycles. The van der Waals surface area contributed by atoms with E-state index in [2.05, 4.69) is 10.6 Å². The summed E-state index contributed by atoms with van der Waals surface area (Å²) in [6.07, 6.45) is 3.98. The number of likely N-dealkylation sites (tertiary alicyclic amines) is 1. The van der Waals surface area contributed by atoms with Crippen LogP contribution in [0.2, 0.25) is 0 Å². The molecule has 1 aromatic heterocycles. The number of aromatic nitrogens is 1. The highest BCUT2D eigenvalue weighted by molar-refractivity contribution is 8.00. The number of ether oxygens (including phenoxy) is 5. The number of carboxylic acid groups (broad SMARTS) is 1. The number of carbonyl (C=O) groups excluding carboxylic acids is 6. The van der Waals surface area contributed by atoms with Gasteiger partial charge in [0.2, 0.25) is 17.7 Å². The molecular weight excluding hydrogens is 1010 g/mol. The summed E-state index contributed by atoms with van der Waals surface area (Å²) in [6.45, 7) is 14.2. The molecule has 3 aromatic rings. The van der Waals surface area contributed by atoms with Crippen LogP contribution in [0.25, 0.3) is 11.1 Å². The van der Waals surface area contributed by atoms with E-state index in [1.54, 1.807) is 42.8 Å². The third-order valence-corrected chi connectivity index (χ3v) is 13.0. The van der Waals surface area contributed by atoms with Crippen LogP contribution in [0.4, 0.5) is 13.6 Å². The number of halogens is 2. The fourth-order valence-electron chi connectivity index (χ4n) is 8.48. The average Bonchev–Trinajstić information content (AvgIpc) is 4.08. The number of hydrogen-bond acceptors (Lipinski definition) is 13. The molecule has 5 rings (SSSR count). The molecule has 3 unspecified atom stereocenters. The summed E-state index contributed by atoms with van der Waals surface area (Å²) < 4.78 is 59.5. The van der Waals surface area contributed by atoms with E-state index in [-0.39, 0.29) is 108 Å². The lowest BCUT2D eigenvalue weighted by molar-refractivity contribution is -0.141. The minimum Gasteiger partial charge on any atom is -0.480 e. The number of thioether (sulfide) groups is 1. The van der Waals surface area contributed by atoms with Gasteiger partial charge >= 0.3 is 12.1 Å². The van der Waals surface area contributed by atoms with E-state index < -0.39 is 70.4 Å². The number of aliphatic carboxylic acids is 1. The van der Waals surface area contributed by atoms with Crippen molar-refractivity contribution in [1.29, 1.82) is 0 Å². The summed E-state index contributed by atoms with van der Waals surface area (Å²) in [5.41, 5.74) is 0.725. The van der Waals surface area contributed by atoms with Crippen molar-refractivity contribution in [1.82, 2.24) is 29.9 Å². The number of carbonyl (C=O) groups is 7. The summed E-state index contributed by atoms with van der Waals surface area (Å²) >= 11 is 1.06. The lowest BCUT2D eigenvalue weighted by atomic mass is 9.82. The smallest absolute Gasteiger partial charge is 0.410 e. The van der Waals surface area contributed by atoms with Crippen molar-refractivity contribution in [2.75, 3.05) is 97.1 Å². The van der Waals surface area contributed by atoms with Crippen molar-refractivity contribution < 1.29 is 71.1 Å². The van der Waals surface area contributed by atoms with Gasteiger partial charge in [0, 0.05) is 80.1 Å². The highest BCUT2D eigenvalue weighted by atomic mass is 32.2. The summed E-state index contributed by atoms with van der Waals surface area (Å²) in [7, 11) is 0. The summed E-state index contributed by atoms with van der Waals surface area (Å²) in [6, 6.07) is 12.7. The van der Waals surface area contributed by atoms with Gasteiger partial charge in [-0.2, -0.15) is 0 Å². The molecule has 1 fully saturated rings. The number of imide groups is 1. The van der Waals surface area contributed by atoms with Crippen LogP contribution >= 0.6 is 11.8 Å². The molecular formula is C54H72F2N6O13S. The maximum atomic E-state index is 15.4. The quantitative estimate of drug-likeness (QED) is 0.0558. The third-order valence-electron chi connectivity index (χ3n) is 12.0. The number of carboxylic acids is 1. The molecule has 2 aliphatic rings. The van der Waals surface area contributed by atoms with E-state index in [9.17, 15) is 43.1 Å². The second-order valence-corrected chi connectivity index (χ2v) is 21.4. The molecule has 76 heavy (non-hydrogen) atoms. The second-order valence-electron chi connectivity index (χ2n) is 20.4. The van der Waals surface area contributed by atoms with Gasteiger partial charge in [0.1, 0.15) is 29.8 Å². The van der Waals surface area contributed by atoms with E-state index in [0.29, 0.717) is 37.3 Å². The van der Waals surface area contributed by atoms with Gasteiger partial charge in [-0.25, -0.2) is 18.4 Å². The minimum absolute atomic E-state index is 0.00239. The molecule has 416 valence electrons. The zero-order valence-electron chi connectivity index (χ0n) is 44.2. The van der Waals surface area contributed by atoms with Gasteiger partial charge in [-0.15, -0.1) is 11.8 Å². The van der Waals surface area contributed by atoms with Crippen molar-refractivity contribution >= 4 is 53.4 Å². The highest BCUT2D eigenvalue weighted by Gasteiger charge is 2.40. The van der Waals surface area contributed by atoms with Crippen LogP contribution in [0.3, 0.4) is 0 Å². The number of rotatable bonds is 30. The van der Waals surface area contributed by atoms with E-state index in [1.165, 1.54) is 0 Å². The number of hydrogen-bond donors (Lipinski definition) is 3. The van der Waals surface area contributed by atoms with Gasteiger partial charge in [0.05, 0.1) is 64.6 Å². The standard InChI is InChI=1S/C54H72F2N6O13S/c1-53(2,3)50(44-28-39(41-29-40(55)12-13-42(41)56)33-60(44)30-37-10-8-7-9-11-37)62(32-38-16-19-59(31-38)52(70)75-54(4,5)6)49(67)36-76-35-43(51(68)69)58-45(63)17-20-71-22-24-73-26-27-74-25-23-72-21-18-57-46(64)34-61-47(65)14-15-48(61)66/h7-15,28-29,33,38,43,50H,16-27,30-32,34-36H2,1-6H3,(H,57,64)(H,58,63)(H,68,69). The van der Waals surface area contributed by atoms with Crippen LogP contribution in [-0.4, -0.2) is 175 Å². The van der Waals surface area contributed by atoms with Gasteiger partial charge in [0.25, 0.3) is 11.8 Å². The molecule has 1 saturated heterocycles. The molecule has 22 heteroatoms. The van der Waals surface area contributed by atoms with Crippen LogP contribution in [0.15, 0.2) is 72.9 Å². The Hall–Kier alpha value is -6.20. The molecule has 2 aliphatic heterocycles. The third kappa shape index (κ3) is 19.7. The Kier molecular flexibility index (Phi) is 23.4. The molecule has 3 N–H and O–H groups in total. The van der Waals surface area contributed by atoms with Gasteiger partial charge in [-0.05, 0) is 68.4 Å². The zero-order valence-corrected chi connectivity index (χ0v) is 45.0. The first-order valence-corrected chi connectivity index (χ1v) is 26.4. The van der Waals surface area contributed by atoms with Gasteiger partial charge in [-0.3, -0.25) is 28.9 Å². The van der Waals surface area contributed by atoms with Crippen LogP contribution < -0.4 is 10.6 Å². The van der Waals surface area contributed by atoms with Crippen molar-refractivity contribution in [2.24, 2.45) is 11.3 Å². The van der Waals surface area contributed by atoms with Gasteiger partial charge in [0.15, 0.2) is 0 Å². The van der Waals surface area contributed by atoms with Crippen molar-refractivity contribution in [3.8, 4) is 11.1 Å². The Bertz CT molecular complexity index is 2460. The molecule has 0 spiro atoms. The van der Waals surface area contributed by atoms with E-state index >= 15 is 4.39 Å². The molecule has 0 radical (unpaired) electrons. The number of nitrogens with zero attached hydrogens (tertiary/aromatic N) is 4. The van der Waals surface area contributed by atoms with E-state index in [4.69, 9.17) is 23.7 Å². The highest BCUT2D eigenvalue weighted by Crippen LogP contribution is 2.42. The largest absolute Gasteiger partial charge is 0.480 e. The Morgan fingerprint density at radius 1 is 0.829 bits per heavy atom. The van der Waals surface area contributed by atoms with Crippen molar-refractivity contribution in [3.63, 3.8) is 0 Å². The SMILES string of the molecule is CC(C)(C)OC(=O)N1CCC(CN(C(=O)CSCC(NC(=O)CCOCCOCCOCCOCCNC(=O)CN2C(=O)C=CC2=O)C(=O)O)C(c2cc(-c3cc(F)ccc3F)cn2Cc2ccccc2)C(C)(C)C)C1. The Morgan fingerprint density at radius 2 is 1.46 bits per heavy atom. The molecule has 0 saturated carbocycles. The predicted molar refractivity (Wildman–Crippen MR) is 279 cm³/mol. The molecule has 6 amide bonds. The molecule has 3 atom stereocenters. The molecule has 0 aliphatic carbocycles. The maximum absolute atomic E-state index is 15.4. The average molecular weight is 1080 g/mol. The molecule has 3 heterocycles. The predicted octanol–water partition coefficient (Wildman–Crippen LogP) is 5.45. The van der Waals surface area contributed by atoms with Crippen molar-refractivity contribution in [3.05, 3.63) is 95.8 Å². The fraction of sp³-hybridized carbons (Fsp3) is 0.537. The van der Waals surface area contributed by atoms with E-state index in [1.807, 2.05) is 55.7 Å².